The number of alkyl halides is 4. The van der Waals surface area contributed by atoms with Crippen LogP contribution in [-0.4, -0.2) is 88.3 Å². The predicted octanol–water partition coefficient (Wildman–Crippen LogP) is 3.18. The van der Waals surface area contributed by atoms with E-state index >= 15 is 0 Å². The normalized spacial score (nSPS) is 15.5. The number of anilines is 1. The lowest BCUT2D eigenvalue weighted by atomic mass is 10.1. The van der Waals surface area contributed by atoms with Crippen molar-refractivity contribution < 1.29 is 31.8 Å². The van der Waals surface area contributed by atoms with Crippen LogP contribution in [0.15, 0.2) is 49.1 Å². The number of carbonyl (C=O) groups is 1. The van der Waals surface area contributed by atoms with Crippen LogP contribution in [0, 0.1) is 0 Å². The Morgan fingerprint density at radius 2 is 2.00 bits per heavy atom. The number of likely N-dealkylation sites (tertiary alicyclic amines) is 1. The minimum Gasteiger partial charge on any atom is -0.435 e. The molecule has 18 heteroatoms. The van der Waals surface area contributed by atoms with E-state index in [0.717, 1.165) is 37.6 Å². The second-order valence-electron chi connectivity index (χ2n) is 9.94. The number of halogens is 4. The van der Waals surface area contributed by atoms with Gasteiger partial charge in [0.05, 0.1) is 24.0 Å². The van der Waals surface area contributed by atoms with Crippen molar-refractivity contribution in [1.29, 1.82) is 0 Å². The Morgan fingerprint density at radius 1 is 1.16 bits per heavy atom. The molecule has 1 N–H and O–H groups in total. The summed E-state index contributed by atoms with van der Waals surface area (Å²) in [6, 6.07) is 5.08. The van der Waals surface area contributed by atoms with Crippen LogP contribution in [0.25, 0.3) is 16.9 Å². The molecule has 6 rings (SSSR count). The van der Waals surface area contributed by atoms with Crippen molar-refractivity contribution in [2.45, 2.75) is 45.2 Å². The van der Waals surface area contributed by atoms with Crippen LogP contribution in [0.2, 0.25) is 0 Å². The number of rotatable bonds is 11. The maximum Gasteiger partial charge on any atom is 0.387 e. The summed E-state index contributed by atoms with van der Waals surface area (Å²) in [4.78, 5) is 21.2. The first-order valence-corrected chi connectivity index (χ1v) is 13.4. The molecule has 0 spiro atoms. The number of aromatic nitrogens is 9. The molecule has 1 saturated heterocycles. The molecule has 1 amide bonds. The molecule has 0 saturated carbocycles. The molecule has 14 nitrogen and oxygen atoms in total. The maximum absolute atomic E-state index is 13.4. The van der Waals surface area contributed by atoms with Crippen LogP contribution < -0.4 is 14.8 Å². The van der Waals surface area contributed by atoms with Crippen molar-refractivity contribution in [2.24, 2.45) is 0 Å². The van der Waals surface area contributed by atoms with Crippen molar-refractivity contribution >= 4 is 17.2 Å². The Morgan fingerprint density at radius 3 is 2.77 bits per heavy atom. The van der Waals surface area contributed by atoms with E-state index < -0.39 is 19.1 Å². The molecule has 44 heavy (non-hydrogen) atoms. The zero-order valence-corrected chi connectivity index (χ0v) is 23.1. The molecule has 1 fully saturated rings. The SMILES string of the molecule is CN1CCCC1Cn1nnc(Cn2cc(NC(=O)c3cnn4cccnc34)c(-c3cc(OC(F)F)ccc3OC(F)F)n2)n1. The topological polar surface area (TPSA) is 142 Å². The van der Waals surface area contributed by atoms with E-state index in [4.69, 9.17) is 0 Å². The van der Waals surface area contributed by atoms with Crippen LogP contribution in [0.1, 0.15) is 29.0 Å². The van der Waals surface area contributed by atoms with Crippen molar-refractivity contribution in [1.82, 2.24) is 49.5 Å². The highest BCUT2D eigenvalue weighted by Gasteiger charge is 2.25. The summed E-state index contributed by atoms with van der Waals surface area (Å²) in [7, 11) is 2.03. The van der Waals surface area contributed by atoms with Gasteiger partial charge in [0.1, 0.15) is 29.3 Å². The summed E-state index contributed by atoms with van der Waals surface area (Å²) < 4.78 is 64.6. The third-order valence-corrected chi connectivity index (χ3v) is 7.02. The third kappa shape index (κ3) is 6.29. The van der Waals surface area contributed by atoms with E-state index in [1.165, 1.54) is 32.6 Å². The molecule has 5 aromatic rings. The first kappa shape index (κ1) is 29.0. The molecule has 4 aromatic heterocycles. The van der Waals surface area contributed by atoms with Crippen molar-refractivity contribution in [3.8, 4) is 22.8 Å². The molecule has 1 unspecified atom stereocenters. The van der Waals surface area contributed by atoms with Gasteiger partial charge in [-0.2, -0.15) is 32.6 Å². The van der Waals surface area contributed by atoms with Crippen molar-refractivity contribution in [3.05, 3.63) is 60.4 Å². The number of nitrogens with zero attached hydrogens (tertiary/aromatic N) is 10. The van der Waals surface area contributed by atoms with Gasteiger partial charge in [0.2, 0.25) is 0 Å². The first-order chi connectivity index (χ1) is 21.2. The Labute approximate surface area is 246 Å². The van der Waals surface area contributed by atoms with Gasteiger partial charge in [0, 0.05) is 24.6 Å². The lowest BCUT2D eigenvalue weighted by Gasteiger charge is -2.17. The van der Waals surface area contributed by atoms with Crippen LogP contribution in [0.5, 0.6) is 11.5 Å². The average Bonchev–Trinajstić information content (AvgIpc) is 3.78. The predicted molar refractivity (Wildman–Crippen MR) is 144 cm³/mol. The van der Waals surface area contributed by atoms with E-state index in [0.29, 0.717) is 12.4 Å². The molecule has 1 aliphatic heterocycles. The molecule has 1 atom stereocenters. The van der Waals surface area contributed by atoms with Crippen molar-refractivity contribution in [3.63, 3.8) is 0 Å². The van der Waals surface area contributed by atoms with Gasteiger partial charge in [-0.3, -0.25) is 9.48 Å². The maximum atomic E-state index is 13.4. The standard InChI is InChI=1S/C26H25F4N11O3/c1-38-8-2-4-15(38)12-41-35-21(34-37-41)14-39-13-19(33-24(42)18-11-32-40-9-3-7-31-23(18)40)22(36-39)17-10-16(43-25(27)28)5-6-20(17)44-26(29)30/h3,5-7,9-11,13,15,25-26H,2,4,8,12,14H2,1H3,(H,33,42). The van der Waals surface area contributed by atoms with Gasteiger partial charge in [-0.15, -0.1) is 10.2 Å². The fraction of sp³-hybridized carbons (Fsp3) is 0.346. The molecule has 0 bridgehead atoms. The van der Waals surface area contributed by atoms with Gasteiger partial charge in [-0.25, -0.2) is 9.50 Å². The van der Waals surface area contributed by atoms with Crippen LogP contribution >= 0.6 is 0 Å². The van der Waals surface area contributed by atoms with Gasteiger partial charge >= 0.3 is 13.2 Å². The highest BCUT2D eigenvalue weighted by Crippen LogP contribution is 2.38. The monoisotopic (exact) mass is 615 g/mol. The quantitative estimate of drug-likeness (QED) is 0.220. The average molecular weight is 616 g/mol. The first-order valence-electron chi connectivity index (χ1n) is 13.4. The Kier molecular flexibility index (Phi) is 8.05. The number of amides is 1. The molecule has 0 aliphatic carbocycles. The number of hydrogen-bond acceptors (Lipinski definition) is 10. The van der Waals surface area contributed by atoms with Crippen molar-refractivity contribution in [2.75, 3.05) is 18.9 Å². The summed E-state index contributed by atoms with van der Waals surface area (Å²) in [5.41, 5.74) is 0.208. The molecule has 230 valence electrons. The van der Waals surface area contributed by atoms with E-state index in [1.807, 2.05) is 7.05 Å². The van der Waals surface area contributed by atoms with Gasteiger partial charge in [-0.1, -0.05) is 0 Å². The smallest absolute Gasteiger partial charge is 0.387 e. The van der Waals surface area contributed by atoms with Crippen LogP contribution in [-0.2, 0) is 13.1 Å². The summed E-state index contributed by atoms with van der Waals surface area (Å²) in [6.07, 6.45) is 7.93. The van der Waals surface area contributed by atoms with Crippen LogP contribution in [0.4, 0.5) is 23.2 Å². The number of tetrazole rings is 1. The Bertz CT molecular complexity index is 1770. The molecule has 1 aliphatic rings. The Balaban J connectivity index is 1.35. The fourth-order valence-electron chi connectivity index (χ4n) is 5.00. The van der Waals surface area contributed by atoms with Gasteiger partial charge in [-0.05, 0) is 55.9 Å². The number of hydrogen-bond donors (Lipinski definition) is 1. The van der Waals surface area contributed by atoms with E-state index in [2.05, 4.69) is 50.3 Å². The molecule has 0 radical (unpaired) electrons. The summed E-state index contributed by atoms with van der Waals surface area (Å²) in [5.74, 6) is -1.06. The van der Waals surface area contributed by atoms with E-state index in [-0.39, 0.29) is 52.2 Å². The summed E-state index contributed by atoms with van der Waals surface area (Å²) in [6.45, 7) is -4.89. The zero-order chi connectivity index (χ0) is 30.8. The lowest BCUT2D eigenvalue weighted by molar-refractivity contribution is -0.0526. The van der Waals surface area contributed by atoms with Crippen LogP contribution in [0.3, 0.4) is 0 Å². The third-order valence-electron chi connectivity index (χ3n) is 7.02. The number of fused-ring (bicyclic) bond motifs is 1. The number of benzene rings is 1. The molecule has 1 aromatic carbocycles. The number of nitrogens with one attached hydrogen (secondary N) is 1. The van der Waals surface area contributed by atoms with E-state index in [9.17, 15) is 22.4 Å². The molecular weight excluding hydrogens is 590 g/mol. The fourth-order valence-corrected chi connectivity index (χ4v) is 5.00. The van der Waals surface area contributed by atoms with Gasteiger partial charge in [0.25, 0.3) is 5.91 Å². The number of likely N-dealkylation sites (N-methyl/N-ethyl adjacent to an activating group) is 1. The molecular formula is C26H25F4N11O3. The number of ether oxygens (including phenoxy) is 2. The highest BCUT2D eigenvalue weighted by molar-refractivity contribution is 6.09. The summed E-state index contributed by atoms with van der Waals surface area (Å²) >= 11 is 0. The van der Waals surface area contributed by atoms with Gasteiger partial charge < -0.3 is 19.7 Å². The largest absolute Gasteiger partial charge is 0.435 e. The molecule has 5 heterocycles. The second kappa shape index (κ2) is 12.2. The minimum atomic E-state index is -3.24. The van der Waals surface area contributed by atoms with E-state index in [1.54, 1.807) is 12.3 Å². The number of carbonyl (C=O) groups excluding carboxylic acids is 1. The minimum absolute atomic E-state index is 0.0140. The second-order valence-corrected chi connectivity index (χ2v) is 9.94. The highest BCUT2D eigenvalue weighted by atomic mass is 19.3. The lowest BCUT2D eigenvalue weighted by Crippen LogP contribution is -2.30. The Hall–Kier alpha value is -5.13. The zero-order valence-electron chi connectivity index (χ0n) is 23.1. The summed E-state index contributed by atoms with van der Waals surface area (Å²) in [5, 5.41) is 23.9. The van der Waals surface area contributed by atoms with Gasteiger partial charge in [0.15, 0.2) is 11.5 Å².